The predicted molar refractivity (Wildman–Crippen MR) is 115 cm³/mol. The minimum atomic E-state index is -0.0347. The number of rotatable bonds is 8. The fourth-order valence-electron chi connectivity index (χ4n) is 3.39. The number of carbonyl (C=O) groups excluding carboxylic acids is 2. The first-order valence-corrected chi connectivity index (χ1v) is 10.5. The molecule has 0 bridgehead atoms. The third-order valence-electron chi connectivity index (χ3n) is 4.93. The van der Waals surface area contributed by atoms with E-state index in [2.05, 4.69) is 21.9 Å². The fourth-order valence-corrected chi connectivity index (χ4v) is 4.55. The van der Waals surface area contributed by atoms with Gasteiger partial charge in [0.2, 0.25) is 11.8 Å². The molecule has 1 N–H and O–H groups in total. The van der Waals surface area contributed by atoms with Crippen LogP contribution in [0.25, 0.3) is 10.2 Å². The van der Waals surface area contributed by atoms with Gasteiger partial charge in [0.15, 0.2) is 5.82 Å². The fraction of sp³-hybridized carbons (Fsp3) is 0.500. The van der Waals surface area contributed by atoms with E-state index in [1.54, 1.807) is 20.3 Å². The van der Waals surface area contributed by atoms with Crippen LogP contribution in [-0.2, 0) is 16.1 Å². The summed E-state index contributed by atoms with van der Waals surface area (Å²) < 4.78 is 10.6. The summed E-state index contributed by atoms with van der Waals surface area (Å²) in [6.45, 7) is 8.99. The van der Waals surface area contributed by atoms with E-state index in [9.17, 15) is 9.59 Å². The topological polar surface area (TPSA) is 96.9 Å². The van der Waals surface area contributed by atoms with E-state index in [0.29, 0.717) is 60.7 Å². The summed E-state index contributed by atoms with van der Waals surface area (Å²) in [6.07, 6.45) is 1.65. The highest BCUT2D eigenvalue weighted by Gasteiger charge is 2.27. The summed E-state index contributed by atoms with van der Waals surface area (Å²) in [5, 5.41) is 3.54. The van der Waals surface area contributed by atoms with Crippen molar-refractivity contribution in [3.05, 3.63) is 28.9 Å². The molecule has 2 aromatic rings. The van der Waals surface area contributed by atoms with Crippen molar-refractivity contribution in [1.82, 2.24) is 25.1 Å². The maximum absolute atomic E-state index is 13.2. The summed E-state index contributed by atoms with van der Waals surface area (Å²) in [5.41, 5.74) is 0.826. The molecule has 1 saturated heterocycles. The summed E-state index contributed by atoms with van der Waals surface area (Å²) in [4.78, 5) is 39.2. The number of piperazine rings is 1. The smallest absolute Gasteiger partial charge is 0.264 e. The van der Waals surface area contributed by atoms with Crippen LogP contribution in [0.5, 0.6) is 5.88 Å². The number of amides is 2. The van der Waals surface area contributed by atoms with Crippen molar-refractivity contribution in [1.29, 1.82) is 0 Å². The average molecular weight is 434 g/mol. The van der Waals surface area contributed by atoms with Crippen LogP contribution in [0, 0.1) is 6.92 Å². The van der Waals surface area contributed by atoms with Crippen LogP contribution in [0.1, 0.15) is 21.1 Å². The van der Waals surface area contributed by atoms with Crippen molar-refractivity contribution in [3.63, 3.8) is 0 Å². The lowest BCUT2D eigenvalue weighted by Gasteiger charge is -2.34. The molecular weight excluding hydrogens is 406 g/mol. The van der Waals surface area contributed by atoms with Crippen LogP contribution in [0.3, 0.4) is 0 Å². The number of nitrogens with one attached hydrogen (secondary N) is 1. The van der Waals surface area contributed by atoms with Gasteiger partial charge in [-0.2, -0.15) is 4.98 Å². The molecular formula is C20H27N5O4S. The number of aromatic nitrogens is 2. The maximum Gasteiger partial charge on any atom is 0.264 e. The summed E-state index contributed by atoms with van der Waals surface area (Å²) in [6, 6.07) is 0. The van der Waals surface area contributed by atoms with Crippen molar-refractivity contribution in [2.24, 2.45) is 0 Å². The molecule has 3 rings (SSSR count). The molecule has 2 aromatic heterocycles. The van der Waals surface area contributed by atoms with Gasteiger partial charge in [-0.15, -0.1) is 17.9 Å². The summed E-state index contributed by atoms with van der Waals surface area (Å²) in [7, 11) is 3.14. The van der Waals surface area contributed by atoms with Gasteiger partial charge in [-0.3, -0.25) is 14.5 Å². The van der Waals surface area contributed by atoms with Crippen LogP contribution in [0.2, 0.25) is 0 Å². The highest BCUT2D eigenvalue weighted by molar-refractivity contribution is 7.20. The van der Waals surface area contributed by atoms with Crippen molar-refractivity contribution in [2.45, 2.75) is 13.5 Å². The van der Waals surface area contributed by atoms with Gasteiger partial charge in [-0.25, -0.2) is 4.98 Å². The molecule has 10 heteroatoms. The predicted octanol–water partition coefficient (Wildman–Crippen LogP) is 1.21. The van der Waals surface area contributed by atoms with E-state index in [0.717, 1.165) is 10.9 Å². The monoisotopic (exact) mass is 433 g/mol. The molecule has 3 heterocycles. The molecule has 162 valence electrons. The molecule has 0 aromatic carbocycles. The van der Waals surface area contributed by atoms with Crippen molar-refractivity contribution >= 4 is 33.4 Å². The van der Waals surface area contributed by atoms with Crippen LogP contribution in [0.4, 0.5) is 0 Å². The number of ether oxygens (including phenoxy) is 2. The lowest BCUT2D eigenvalue weighted by Crippen LogP contribution is -2.51. The van der Waals surface area contributed by atoms with Gasteiger partial charge in [0, 0.05) is 39.8 Å². The molecule has 9 nitrogen and oxygen atoms in total. The second kappa shape index (κ2) is 9.96. The Hall–Kier alpha value is -2.56. The van der Waals surface area contributed by atoms with E-state index < -0.39 is 0 Å². The van der Waals surface area contributed by atoms with Crippen molar-refractivity contribution in [3.8, 4) is 5.88 Å². The lowest BCUT2D eigenvalue weighted by atomic mass is 10.2. The standard InChI is InChI=1S/C20H27N5O4S/c1-5-6-21-15(26)11-24-7-9-25(10-8-24)20(27)17-13(2)16-18(29-4)22-14(12-28-3)23-19(16)30-17/h5H,1,6-12H2,2-4H3,(H,21,26). The van der Waals surface area contributed by atoms with Gasteiger partial charge < -0.3 is 19.7 Å². The first kappa shape index (κ1) is 22.1. The summed E-state index contributed by atoms with van der Waals surface area (Å²) >= 11 is 1.35. The third-order valence-corrected chi connectivity index (χ3v) is 6.11. The number of hydrogen-bond acceptors (Lipinski definition) is 8. The Labute approximate surface area is 179 Å². The molecule has 0 radical (unpaired) electrons. The van der Waals surface area contributed by atoms with Gasteiger partial charge in [-0.05, 0) is 12.5 Å². The summed E-state index contributed by atoms with van der Waals surface area (Å²) in [5.74, 6) is 0.912. The largest absolute Gasteiger partial charge is 0.480 e. The normalized spacial score (nSPS) is 14.7. The molecule has 1 aliphatic heterocycles. The average Bonchev–Trinajstić information content (AvgIpc) is 3.08. The van der Waals surface area contributed by atoms with E-state index in [1.165, 1.54) is 11.3 Å². The Morgan fingerprint density at radius 2 is 1.97 bits per heavy atom. The second-order valence-corrected chi connectivity index (χ2v) is 7.98. The zero-order chi connectivity index (χ0) is 21.7. The van der Waals surface area contributed by atoms with Crippen LogP contribution < -0.4 is 10.1 Å². The molecule has 0 unspecified atom stereocenters. The van der Waals surface area contributed by atoms with Gasteiger partial charge >= 0.3 is 0 Å². The van der Waals surface area contributed by atoms with Crippen LogP contribution in [0.15, 0.2) is 12.7 Å². The maximum atomic E-state index is 13.2. The minimum absolute atomic E-state index is 0.0263. The zero-order valence-corrected chi connectivity index (χ0v) is 18.4. The Balaban J connectivity index is 1.72. The van der Waals surface area contributed by atoms with Gasteiger partial charge in [-0.1, -0.05) is 6.08 Å². The first-order chi connectivity index (χ1) is 14.5. The molecule has 1 fully saturated rings. The highest BCUT2D eigenvalue weighted by Crippen LogP contribution is 2.35. The van der Waals surface area contributed by atoms with Gasteiger partial charge in [0.1, 0.15) is 11.4 Å². The van der Waals surface area contributed by atoms with E-state index >= 15 is 0 Å². The SMILES string of the molecule is C=CCNC(=O)CN1CCN(C(=O)c2sc3nc(COC)nc(OC)c3c2C)CC1. The van der Waals surface area contributed by atoms with Crippen LogP contribution in [-0.4, -0.2) is 85.1 Å². The molecule has 0 spiro atoms. The quantitative estimate of drug-likeness (QED) is 0.625. The molecule has 30 heavy (non-hydrogen) atoms. The molecule has 0 saturated carbocycles. The molecule has 1 aliphatic rings. The number of fused-ring (bicyclic) bond motifs is 1. The Bertz CT molecular complexity index is 937. The number of aryl methyl sites for hydroxylation is 1. The van der Waals surface area contributed by atoms with Crippen LogP contribution >= 0.6 is 11.3 Å². The number of carbonyl (C=O) groups is 2. The Morgan fingerprint density at radius 3 is 2.60 bits per heavy atom. The lowest BCUT2D eigenvalue weighted by molar-refractivity contribution is -0.122. The van der Waals surface area contributed by atoms with E-state index in [-0.39, 0.29) is 18.4 Å². The Kier molecular flexibility index (Phi) is 7.35. The molecule has 2 amide bonds. The zero-order valence-electron chi connectivity index (χ0n) is 17.6. The van der Waals surface area contributed by atoms with Gasteiger partial charge in [0.25, 0.3) is 5.91 Å². The molecule has 0 atom stereocenters. The minimum Gasteiger partial charge on any atom is -0.480 e. The number of methoxy groups -OCH3 is 2. The Morgan fingerprint density at radius 1 is 1.23 bits per heavy atom. The first-order valence-electron chi connectivity index (χ1n) is 9.70. The van der Waals surface area contributed by atoms with Crippen molar-refractivity contribution < 1.29 is 19.1 Å². The van der Waals surface area contributed by atoms with Crippen molar-refractivity contribution in [2.75, 3.05) is 53.5 Å². The second-order valence-electron chi connectivity index (χ2n) is 6.98. The third kappa shape index (κ3) is 4.77. The molecule has 0 aliphatic carbocycles. The number of hydrogen-bond donors (Lipinski definition) is 1. The van der Waals surface area contributed by atoms with Gasteiger partial charge in [0.05, 0.1) is 23.9 Å². The number of thiophene rings is 1. The number of nitrogens with zero attached hydrogens (tertiary/aromatic N) is 4. The van der Waals surface area contributed by atoms with E-state index in [4.69, 9.17) is 9.47 Å². The highest BCUT2D eigenvalue weighted by atomic mass is 32.1. The van der Waals surface area contributed by atoms with E-state index in [1.807, 2.05) is 16.7 Å².